The van der Waals surface area contributed by atoms with E-state index in [0.29, 0.717) is 11.6 Å². The molecule has 2 aromatic heterocycles. The smallest absolute Gasteiger partial charge is 0.104 e. The maximum atomic E-state index is 6.39. The standard InChI is InChI=1S/C16H16Cl2N4S/c1-22-14(6-7-20-22)12-8-15(23-16(12)18)21-13(9-19)10-2-4-11(17)5-3-10/h2-8,13,21H,9,19H2,1H3. The molecule has 4 nitrogen and oxygen atoms in total. The van der Waals surface area contributed by atoms with Gasteiger partial charge in [0.15, 0.2) is 0 Å². The second-order valence-corrected chi connectivity index (χ2v) is 7.21. The van der Waals surface area contributed by atoms with Crippen LogP contribution in [0.1, 0.15) is 11.6 Å². The highest BCUT2D eigenvalue weighted by Gasteiger charge is 2.15. The third kappa shape index (κ3) is 3.53. The maximum Gasteiger partial charge on any atom is 0.104 e. The molecule has 3 aromatic rings. The topological polar surface area (TPSA) is 55.9 Å². The quantitative estimate of drug-likeness (QED) is 0.695. The monoisotopic (exact) mass is 366 g/mol. The molecule has 0 saturated carbocycles. The van der Waals surface area contributed by atoms with E-state index in [2.05, 4.69) is 10.4 Å². The van der Waals surface area contributed by atoms with Gasteiger partial charge in [0.1, 0.15) is 4.34 Å². The second kappa shape index (κ2) is 6.93. The van der Waals surface area contributed by atoms with Crippen LogP contribution < -0.4 is 11.1 Å². The van der Waals surface area contributed by atoms with Crippen LogP contribution in [-0.2, 0) is 7.05 Å². The van der Waals surface area contributed by atoms with E-state index in [0.717, 1.165) is 26.2 Å². The fourth-order valence-corrected chi connectivity index (χ4v) is 3.77. The minimum Gasteiger partial charge on any atom is -0.369 e. The number of benzene rings is 1. The number of aryl methyl sites for hydroxylation is 1. The second-order valence-electron chi connectivity index (χ2n) is 5.12. The molecule has 0 aliphatic carbocycles. The highest BCUT2D eigenvalue weighted by Crippen LogP contribution is 2.39. The average molecular weight is 367 g/mol. The lowest BCUT2D eigenvalue weighted by atomic mass is 10.1. The maximum absolute atomic E-state index is 6.39. The van der Waals surface area contributed by atoms with Crippen LogP contribution in [0.15, 0.2) is 42.6 Å². The van der Waals surface area contributed by atoms with E-state index < -0.39 is 0 Å². The number of halogens is 2. The molecule has 0 amide bonds. The van der Waals surface area contributed by atoms with Gasteiger partial charge < -0.3 is 11.1 Å². The first-order valence-electron chi connectivity index (χ1n) is 7.08. The van der Waals surface area contributed by atoms with E-state index >= 15 is 0 Å². The van der Waals surface area contributed by atoms with Gasteiger partial charge in [0.25, 0.3) is 0 Å². The highest BCUT2D eigenvalue weighted by molar-refractivity contribution is 7.20. The minimum absolute atomic E-state index is 0.00127. The van der Waals surface area contributed by atoms with Crippen LogP contribution >= 0.6 is 34.5 Å². The molecular formula is C16H16Cl2N4S. The van der Waals surface area contributed by atoms with E-state index in [1.807, 2.05) is 43.4 Å². The third-order valence-electron chi connectivity index (χ3n) is 3.61. The number of hydrogen-bond donors (Lipinski definition) is 2. The lowest BCUT2D eigenvalue weighted by Crippen LogP contribution is -2.19. The molecule has 23 heavy (non-hydrogen) atoms. The van der Waals surface area contributed by atoms with Gasteiger partial charge in [0.2, 0.25) is 0 Å². The molecule has 7 heteroatoms. The molecule has 0 aliphatic heterocycles. The number of aromatic nitrogens is 2. The van der Waals surface area contributed by atoms with Crippen LogP contribution in [0.4, 0.5) is 5.00 Å². The third-order valence-corrected chi connectivity index (χ3v) is 5.15. The first kappa shape index (κ1) is 16.3. The molecule has 0 radical (unpaired) electrons. The van der Waals surface area contributed by atoms with Crippen molar-refractivity contribution in [1.82, 2.24) is 9.78 Å². The number of thiophene rings is 1. The van der Waals surface area contributed by atoms with Crippen LogP contribution in [0.25, 0.3) is 11.3 Å². The predicted molar refractivity (Wildman–Crippen MR) is 98.4 cm³/mol. The van der Waals surface area contributed by atoms with Crippen molar-refractivity contribution in [2.75, 3.05) is 11.9 Å². The molecule has 0 bridgehead atoms. The Bertz CT molecular complexity index is 795. The van der Waals surface area contributed by atoms with Crippen LogP contribution in [0.5, 0.6) is 0 Å². The van der Waals surface area contributed by atoms with Gasteiger partial charge in [-0.05, 0) is 29.8 Å². The number of nitrogens with two attached hydrogens (primary N) is 1. The van der Waals surface area contributed by atoms with E-state index in [4.69, 9.17) is 28.9 Å². The van der Waals surface area contributed by atoms with Crippen molar-refractivity contribution in [3.8, 4) is 11.3 Å². The van der Waals surface area contributed by atoms with Gasteiger partial charge in [-0.3, -0.25) is 4.68 Å². The Balaban J connectivity index is 1.85. The molecule has 3 N–H and O–H groups in total. The summed E-state index contributed by atoms with van der Waals surface area (Å²) in [6, 6.07) is 11.7. The summed E-state index contributed by atoms with van der Waals surface area (Å²) in [5.41, 5.74) is 8.95. The molecular weight excluding hydrogens is 351 g/mol. The van der Waals surface area contributed by atoms with Gasteiger partial charge in [0, 0.05) is 30.4 Å². The Morgan fingerprint density at radius 2 is 2.00 bits per heavy atom. The van der Waals surface area contributed by atoms with Crippen molar-refractivity contribution in [2.45, 2.75) is 6.04 Å². The molecule has 0 aliphatic rings. The van der Waals surface area contributed by atoms with Gasteiger partial charge in [0.05, 0.1) is 16.7 Å². The SMILES string of the molecule is Cn1nccc1-c1cc(NC(CN)c2ccc(Cl)cc2)sc1Cl. The number of hydrogen-bond acceptors (Lipinski definition) is 4. The predicted octanol–water partition coefficient (Wildman–Crippen LogP) is 4.57. The summed E-state index contributed by atoms with van der Waals surface area (Å²) in [6.07, 6.45) is 1.76. The first-order valence-corrected chi connectivity index (χ1v) is 8.65. The largest absolute Gasteiger partial charge is 0.369 e. The van der Waals surface area contributed by atoms with Crippen molar-refractivity contribution in [2.24, 2.45) is 12.8 Å². The molecule has 1 atom stereocenters. The van der Waals surface area contributed by atoms with Gasteiger partial charge in [-0.1, -0.05) is 35.3 Å². The minimum atomic E-state index is 0.00127. The van der Waals surface area contributed by atoms with Crippen molar-refractivity contribution in [3.05, 3.63) is 57.5 Å². The molecule has 120 valence electrons. The molecule has 2 heterocycles. The van der Waals surface area contributed by atoms with Gasteiger partial charge >= 0.3 is 0 Å². The van der Waals surface area contributed by atoms with Crippen LogP contribution in [-0.4, -0.2) is 16.3 Å². The lowest BCUT2D eigenvalue weighted by molar-refractivity contribution is 0.776. The van der Waals surface area contributed by atoms with Gasteiger partial charge in [-0.25, -0.2) is 0 Å². The molecule has 1 unspecified atom stereocenters. The zero-order chi connectivity index (χ0) is 16.4. The number of nitrogens with zero attached hydrogens (tertiary/aromatic N) is 2. The Labute approximate surface area is 148 Å². The summed E-state index contributed by atoms with van der Waals surface area (Å²) >= 11 is 13.8. The molecule has 0 spiro atoms. The van der Waals surface area contributed by atoms with Crippen molar-refractivity contribution < 1.29 is 0 Å². The first-order chi connectivity index (χ1) is 11.1. The van der Waals surface area contributed by atoms with Crippen molar-refractivity contribution >= 4 is 39.5 Å². The van der Waals surface area contributed by atoms with Crippen molar-refractivity contribution in [3.63, 3.8) is 0 Å². The Hall–Kier alpha value is -1.53. The van der Waals surface area contributed by atoms with Crippen molar-refractivity contribution in [1.29, 1.82) is 0 Å². The fourth-order valence-electron chi connectivity index (χ4n) is 2.40. The summed E-state index contributed by atoms with van der Waals surface area (Å²) in [5.74, 6) is 0. The summed E-state index contributed by atoms with van der Waals surface area (Å²) < 4.78 is 2.53. The van der Waals surface area contributed by atoms with E-state index in [1.165, 1.54) is 11.3 Å². The number of anilines is 1. The van der Waals surface area contributed by atoms with Crippen LogP contribution in [0, 0.1) is 0 Å². The molecule has 1 aromatic carbocycles. The summed E-state index contributed by atoms with van der Waals surface area (Å²) in [5, 5.41) is 9.31. The lowest BCUT2D eigenvalue weighted by Gasteiger charge is -2.17. The van der Waals surface area contributed by atoms with Gasteiger partial charge in [-0.15, -0.1) is 11.3 Å². The van der Waals surface area contributed by atoms with Gasteiger partial charge in [-0.2, -0.15) is 5.10 Å². The van der Waals surface area contributed by atoms with Crippen LogP contribution in [0.3, 0.4) is 0 Å². The number of rotatable bonds is 5. The molecule has 0 fully saturated rings. The zero-order valence-corrected chi connectivity index (χ0v) is 14.8. The van der Waals surface area contributed by atoms with Crippen LogP contribution in [0.2, 0.25) is 9.36 Å². The average Bonchev–Trinajstić information content (AvgIpc) is 3.11. The zero-order valence-electron chi connectivity index (χ0n) is 12.5. The van der Waals surface area contributed by atoms with E-state index in [9.17, 15) is 0 Å². The Kier molecular flexibility index (Phi) is 4.92. The summed E-state index contributed by atoms with van der Waals surface area (Å²) in [7, 11) is 1.90. The molecule has 0 saturated heterocycles. The van der Waals surface area contributed by atoms with E-state index in [1.54, 1.807) is 10.9 Å². The highest BCUT2D eigenvalue weighted by atomic mass is 35.5. The number of nitrogens with one attached hydrogen (secondary N) is 1. The summed E-state index contributed by atoms with van der Waals surface area (Å²) in [6.45, 7) is 0.470. The Morgan fingerprint density at radius 3 is 2.61 bits per heavy atom. The fraction of sp³-hybridized carbons (Fsp3) is 0.188. The molecule has 3 rings (SSSR count). The van der Waals surface area contributed by atoms with E-state index in [-0.39, 0.29) is 6.04 Å². The normalized spacial score (nSPS) is 12.3. The Morgan fingerprint density at radius 1 is 1.26 bits per heavy atom. The summed E-state index contributed by atoms with van der Waals surface area (Å²) in [4.78, 5) is 0.